The van der Waals surface area contributed by atoms with Crippen LogP contribution in [-0.4, -0.2) is 45.6 Å². The summed E-state index contributed by atoms with van der Waals surface area (Å²) in [4.78, 5) is 20.7. The van der Waals surface area contributed by atoms with Gasteiger partial charge in [0.2, 0.25) is 0 Å². The quantitative estimate of drug-likeness (QED) is 0.464. The zero-order chi connectivity index (χ0) is 10.8. The van der Waals surface area contributed by atoms with E-state index in [0.717, 1.165) is 6.92 Å². The van der Waals surface area contributed by atoms with E-state index in [1.54, 1.807) is 18.2 Å². The van der Waals surface area contributed by atoms with Gasteiger partial charge < -0.3 is 5.11 Å². The fourth-order valence-corrected chi connectivity index (χ4v) is 1.07. The molecule has 75 valence electrons. The van der Waals surface area contributed by atoms with Crippen molar-refractivity contribution in [3.8, 4) is 0 Å². The largest absolute Gasteiger partial charge is 0.476 e. The van der Waals surface area contributed by atoms with Crippen molar-refractivity contribution in [1.29, 1.82) is 0 Å². The van der Waals surface area contributed by atoms with E-state index in [0.29, 0.717) is 0 Å². The Bertz CT molecular complexity index is 352. The smallest absolute Gasteiger partial charge is 0.387 e. The number of benzene rings is 1. The Morgan fingerprint density at radius 1 is 1.40 bits per heavy atom. The van der Waals surface area contributed by atoms with Crippen molar-refractivity contribution in [3.63, 3.8) is 0 Å². The Balaban J connectivity index is 0.00000196. The van der Waals surface area contributed by atoms with Crippen molar-refractivity contribution in [2.45, 2.75) is 12.5 Å². The molecule has 0 saturated carbocycles. The van der Waals surface area contributed by atoms with Crippen LogP contribution in [0.1, 0.15) is 12.5 Å². The number of nitrogens with zero attached hydrogens (tertiary/aromatic N) is 1. The molecule has 0 aliphatic carbocycles. The van der Waals surface area contributed by atoms with Crippen molar-refractivity contribution >= 4 is 35.5 Å². The predicted octanol–water partition coefficient (Wildman–Crippen LogP) is 0.882. The molecular weight excluding hydrogens is 209 g/mol. The molecule has 1 N–H and O–H groups in total. The van der Waals surface area contributed by atoms with E-state index < -0.39 is 16.4 Å². The van der Waals surface area contributed by atoms with Gasteiger partial charge in [-0.2, -0.15) is 0 Å². The Labute approximate surface area is 109 Å². The SMILES string of the molecule is CC(C(=O)O)(c1ccccc1)[N+](=O)[O-].[Na]. The van der Waals surface area contributed by atoms with Gasteiger partial charge in [-0.25, -0.2) is 4.79 Å². The van der Waals surface area contributed by atoms with Crippen LogP contribution in [-0.2, 0) is 10.3 Å². The summed E-state index contributed by atoms with van der Waals surface area (Å²) in [6.45, 7) is 1.07. The molecule has 0 saturated heterocycles. The van der Waals surface area contributed by atoms with Gasteiger partial charge in [0.25, 0.3) is 0 Å². The second-order valence-corrected chi connectivity index (χ2v) is 3.00. The summed E-state index contributed by atoms with van der Waals surface area (Å²) >= 11 is 0. The molecule has 5 nitrogen and oxygen atoms in total. The molecule has 0 bridgehead atoms. The molecule has 0 aliphatic heterocycles. The molecule has 1 aromatic rings. The van der Waals surface area contributed by atoms with E-state index in [-0.39, 0.29) is 35.1 Å². The summed E-state index contributed by atoms with van der Waals surface area (Å²) in [5.74, 6) is -1.46. The van der Waals surface area contributed by atoms with Crippen LogP contribution in [0.5, 0.6) is 0 Å². The number of nitro groups is 1. The van der Waals surface area contributed by atoms with Crippen molar-refractivity contribution in [3.05, 3.63) is 46.0 Å². The Hall–Kier alpha value is -0.910. The Morgan fingerprint density at radius 2 is 1.87 bits per heavy atom. The number of carboxylic acid groups (broad SMARTS) is 1. The van der Waals surface area contributed by atoms with Crippen LogP contribution >= 0.6 is 0 Å². The van der Waals surface area contributed by atoms with E-state index in [9.17, 15) is 14.9 Å². The third-order valence-electron chi connectivity index (χ3n) is 2.12. The van der Waals surface area contributed by atoms with Crippen molar-refractivity contribution in [1.82, 2.24) is 0 Å². The van der Waals surface area contributed by atoms with Crippen molar-refractivity contribution < 1.29 is 14.8 Å². The number of rotatable bonds is 3. The van der Waals surface area contributed by atoms with E-state index >= 15 is 0 Å². The molecule has 1 atom stereocenters. The first-order valence-corrected chi connectivity index (χ1v) is 3.93. The summed E-state index contributed by atoms with van der Waals surface area (Å²) < 4.78 is 0. The predicted molar refractivity (Wildman–Crippen MR) is 54.2 cm³/mol. The molecule has 1 radical (unpaired) electrons. The Kier molecular flexibility index (Phi) is 4.93. The zero-order valence-corrected chi connectivity index (χ0v) is 10.5. The second kappa shape index (κ2) is 5.25. The monoisotopic (exact) mass is 218 g/mol. The fourth-order valence-electron chi connectivity index (χ4n) is 1.07. The van der Waals surface area contributed by atoms with Gasteiger partial charge in [0.1, 0.15) is 0 Å². The van der Waals surface area contributed by atoms with Crippen LogP contribution in [0.4, 0.5) is 0 Å². The average Bonchev–Trinajstić information content (AvgIpc) is 2.17. The molecule has 0 amide bonds. The van der Waals surface area contributed by atoms with E-state index in [1.807, 2.05) is 0 Å². The maximum atomic E-state index is 10.8. The van der Waals surface area contributed by atoms with E-state index in [1.165, 1.54) is 12.1 Å². The fraction of sp³-hybridized carbons (Fsp3) is 0.222. The number of carboxylic acids is 1. The van der Waals surface area contributed by atoms with E-state index in [2.05, 4.69) is 0 Å². The minimum Gasteiger partial charge on any atom is -0.476 e. The van der Waals surface area contributed by atoms with Crippen LogP contribution in [0.2, 0.25) is 0 Å². The number of carbonyl (C=O) groups is 1. The van der Waals surface area contributed by atoms with Crippen molar-refractivity contribution in [2.24, 2.45) is 0 Å². The molecule has 0 heterocycles. The summed E-state index contributed by atoms with van der Waals surface area (Å²) in [5, 5.41) is 19.5. The molecule has 15 heavy (non-hydrogen) atoms. The average molecular weight is 218 g/mol. The van der Waals surface area contributed by atoms with Gasteiger partial charge in [0.15, 0.2) is 0 Å². The molecule has 1 rings (SSSR count). The van der Waals surface area contributed by atoms with Gasteiger partial charge in [0, 0.05) is 47.0 Å². The maximum Gasteiger partial charge on any atom is 0.387 e. The normalized spacial score (nSPS) is 13.4. The molecule has 0 aliphatic rings. The van der Waals surface area contributed by atoms with Gasteiger partial charge in [-0.1, -0.05) is 30.3 Å². The molecule has 1 unspecified atom stereocenters. The number of hydrogen-bond donors (Lipinski definition) is 1. The molecule has 1 aromatic carbocycles. The summed E-state index contributed by atoms with van der Waals surface area (Å²) in [7, 11) is 0. The summed E-state index contributed by atoms with van der Waals surface area (Å²) in [5.41, 5.74) is -1.90. The first-order valence-electron chi connectivity index (χ1n) is 3.93. The van der Waals surface area contributed by atoms with Crippen molar-refractivity contribution in [2.75, 3.05) is 0 Å². The number of hydrogen-bond acceptors (Lipinski definition) is 3. The Morgan fingerprint density at radius 3 is 2.20 bits per heavy atom. The van der Waals surface area contributed by atoms with Crippen LogP contribution in [0.3, 0.4) is 0 Å². The first-order chi connectivity index (χ1) is 6.49. The topological polar surface area (TPSA) is 80.4 Å². The maximum absolute atomic E-state index is 10.8. The van der Waals surface area contributed by atoms with Gasteiger partial charge >= 0.3 is 11.5 Å². The van der Waals surface area contributed by atoms with Crippen LogP contribution in [0, 0.1) is 10.1 Å². The summed E-state index contributed by atoms with van der Waals surface area (Å²) in [6.07, 6.45) is 0. The molecular formula is C9H9NNaO4. The van der Waals surface area contributed by atoms with Crippen LogP contribution < -0.4 is 0 Å². The minimum atomic E-state index is -2.07. The van der Waals surface area contributed by atoms with Gasteiger partial charge in [-0.3, -0.25) is 10.1 Å². The third-order valence-corrected chi connectivity index (χ3v) is 2.12. The molecule has 0 aromatic heterocycles. The van der Waals surface area contributed by atoms with Gasteiger partial charge in [0.05, 0.1) is 0 Å². The zero-order valence-electron chi connectivity index (χ0n) is 8.51. The molecule has 0 fully saturated rings. The molecule has 6 heteroatoms. The van der Waals surface area contributed by atoms with Gasteiger partial charge in [-0.15, -0.1) is 0 Å². The van der Waals surface area contributed by atoms with E-state index in [4.69, 9.17) is 5.11 Å². The summed E-state index contributed by atoms with van der Waals surface area (Å²) in [6, 6.07) is 7.67. The van der Waals surface area contributed by atoms with Crippen LogP contribution in [0.15, 0.2) is 30.3 Å². The number of aliphatic carboxylic acids is 1. The van der Waals surface area contributed by atoms with Crippen LogP contribution in [0.25, 0.3) is 0 Å². The molecule has 0 spiro atoms. The first kappa shape index (κ1) is 14.1. The second-order valence-electron chi connectivity index (χ2n) is 3.00. The standard InChI is InChI=1S/C9H9NO4.Na/c1-9(8(11)12,10(13)14)7-5-3-2-4-6-7;/h2-6H,1H3,(H,11,12);. The minimum absolute atomic E-state index is 0. The van der Waals surface area contributed by atoms with Gasteiger partial charge in [-0.05, 0) is 0 Å². The third kappa shape index (κ3) is 2.56.